The normalized spacial score (nSPS) is 20.9. The van der Waals surface area contributed by atoms with Gasteiger partial charge in [-0.3, -0.25) is 0 Å². The molecule has 2 heterocycles. The van der Waals surface area contributed by atoms with Gasteiger partial charge in [-0.25, -0.2) is 4.98 Å². The molecule has 2 unspecified atom stereocenters. The van der Waals surface area contributed by atoms with Gasteiger partial charge in [-0.1, -0.05) is 43.8 Å². The predicted molar refractivity (Wildman–Crippen MR) is 87.3 cm³/mol. The number of ether oxygens (including phenoxy) is 1. The van der Waals surface area contributed by atoms with Crippen molar-refractivity contribution in [2.45, 2.75) is 35.9 Å². The van der Waals surface area contributed by atoms with Crippen LogP contribution in [0.25, 0.3) is 0 Å². The first-order valence-corrected chi connectivity index (χ1v) is 8.91. The van der Waals surface area contributed by atoms with E-state index in [9.17, 15) is 0 Å². The second kappa shape index (κ2) is 6.77. The maximum Gasteiger partial charge on any atom is 0.170 e. The van der Waals surface area contributed by atoms with Crippen molar-refractivity contribution in [2.24, 2.45) is 0 Å². The smallest absolute Gasteiger partial charge is 0.170 e. The van der Waals surface area contributed by atoms with Gasteiger partial charge in [-0.15, -0.1) is 0 Å². The van der Waals surface area contributed by atoms with Gasteiger partial charge in [-0.05, 0) is 24.1 Å². The molecule has 1 aromatic heterocycles. The van der Waals surface area contributed by atoms with Crippen molar-refractivity contribution in [3.05, 3.63) is 35.7 Å². The van der Waals surface area contributed by atoms with Crippen molar-refractivity contribution in [3.8, 4) is 5.75 Å². The molecular weight excluding hydrogens is 302 g/mol. The lowest BCUT2D eigenvalue weighted by atomic mass is 10.0. The molecule has 0 aliphatic carbocycles. The average Bonchev–Trinajstić information content (AvgIpc) is 2.97. The lowest BCUT2D eigenvalue weighted by Gasteiger charge is -2.33. The Bertz CT molecular complexity index is 602. The van der Waals surface area contributed by atoms with Gasteiger partial charge < -0.3 is 10.1 Å². The largest absolute Gasteiger partial charge is 0.492 e. The molecule has 21 heavy (non-hydrogen) atoms. The fourth-order valence-corrected chi connectivity index (χ4v) is 4.55. The SMILES string of the molecule is CCNC1c2ccccc2OCC1Sc1nc(CC)ns1. The topological polar surface area (TPSA) is 47.0 Å². The molecule has 4 nitrogen and oxygen atoms in total. The molecule has 1 aliphatic rings. The van der Waals surface area contributed by atoms with Crippen LogP contribution in [0, 0.1) is 0 Å². The second-order valence-electron chi connectivity index (χ2n) is 4.87. The van der Waals surface area contributed by atoms with Crippen molar-refractivity contribution in [2.75, 3.05) is 13.2 Å². The van der Waals surface area contributed by atoms with E-state index in [2.05, 4.69) is 40.7 Å². The Morgan fingerprint density at radius 3 is 3.00 bits per heavy atom. The number of hydrogen-bond donors (Lipinski definition) is 1. The van der Waals surface area contributed by atoms with Crippen LogP contribution >= 0.6 is 23.3 Å². The molecule has 0 bridgehead atoms. The molecule has 2 aromatic rings. The zero-order valence-corrected chi connectivity index (χ0v) is 13.8. The quantitative estimate of drug-likeness (QED) is 0.915. The monoisotopic (exact) mass is 321 g/mol. The summed E-state index contributed by atoms with van der Waals surface area (Å²) >= 11 is 3.26. The van der Waals surface area contributed by atoms with E-state index in [1.807, 2.05) is 12.1 Å². The van der Waals surface area contributed by atoms with Crippen LogP contribution in [-0.4, -0.2) is 27.8 Å². The third kappa shape index (κ3) is 3.22. The third-order valence-electron chi connectivity index (χ3n) is 3.47. The molecule has 0 saturated carbocycles. The van der Waals surface area contributed by atoms with E-state index in [0.29, 0.717) is 17.9 Å². The average molecular weight is 321 g/mol. The molecule has 0 radical (unpaired) electrons. The van der Waals surface area contributed by atoms with Gasteiger partial charge >= 0.3 is 0 Å². The molecule has 0 saturated heterocycles. The minimum Gasteiger partial charge on any atom is -0.492 e. The highest BCUT2D eigenvalue weighted by atomic mass is 32.2. The van der Waals surface area contributed by atoms with Crippen LogP contribution in [0.1, 0.15) is 31.3 Å². The highest BCUT2D eigenvalue weighted by Crippen LogP contribution is 2.40. The maximum atomic E-state index is 5.91. The van der Waals surface area contributed by atoms with Crippen LogP contribution in [-0.2, 0) is 6.42 Å². The minimum absolute atomic E-state index is 0.291. The van der Waals surface area contributed by atoms with Gasteiger partial charge in [0, 0.05) is 12.0 Å². The summed E-state index contributed by atoms with van der Waals surface area (Å²) in [4.78, 5) is 4.56. The number of nitrogens with zero attached hydrogens (tertiary/aromatic N) is 2. The molecule has 0 fully saturated rings. The first-order chi connectivity index (χ1) is 10.3. The molecule has 0 amide bonds. The summed E-state index contributed by atoms with van der Waals surface area (Å²) < 4.78 is 11.3. The number of aryl methyl sites for hydroxylation is 1. The molecule has 1 aliphatic heterocycles. The summed E-state index contributed by atoms with van der Waals surface area (Å²) in [5.74, 6) is 1.92. The molecule has 1 aromatic carbocycles. The molecule has 0 spiro atoms. The van der Waals surface area contributed by atoms with E-state index >= 15 is 0 Å². The van der Waals surface area contributed by atoms with Crippen molar-refractivity contribution >= 4 is 23.3 Å². The standard InChI is InChI=1S/C15H19N3OS2/c1-3-13-17-15(21-18-13)20-12-9-19-11-8-6-5-7-10(11)14(12)16-4-2/h5-8,12,14,16H,3-4,9H2,1-2H3. The number of fused-ring (bicyclic) bond motifs is 1. The number of hydrogen-bond acceptors (Lipinski definition) is 6. The maximum absolute atomic E-state index is 5.91. The van der Waals surface area contributed by atoms with Crippen molar-refractivity contribution in [3.63, 3.8) is 0 Å². The third-order valence-corrected chi connectivity index (χ3v) is 5.54. The van der Waals surface area contributed by atoms with Crippen LogP contribution in [0.15, 0.2) is 28.6 Å². The van der Waals surface area contributed by atoms with E-state index < -0.39 is 0 Å². The van der Waals surface area contributed by atoms with Crippen LogP contribution in [0.3, 0.4) is 0 Å². The van der Waals surface area contributed by atoms with Gasteiger partial charge in [0.2, 0.25) is 0 Å². The molecule has 6 heteroatoms. The summed E-state index contributed by atoms with van der Waals surface area (Å²) in [6, 6.07) is 8.57. The van der Waals surface area contributed by atoms with Gasteiger partial charge in [0.1, 0.15) is 18.2 Å². The zero-order chi connectivity index (χ0) is 14.7. The molecule has 3 rings (SSSR count). The van der Waals surface area contributed by atoms with Gasteiger partial charge in [-0.2, -0.15) is 4.37 Å². The highest BCUT2D eigenvalue weighted by molar-refractivity contribution is 8.01. The van der Waals surface area contributed by atoms with E-state index in [1.54, 1.807) is 11.8 Å². The summed E-state index contributed by atoms with van der Waals surface area (Å²) in [6.07, 6.45) is 0.887. The zero-order valence-electron chi connectivity index (χ0n) is 12.2. The van der Waals surface area contributed by atoms with Gasteiger partial charge in [0.15, 0.2) is 4.34 Å². The number of thioether (sulfide) groups is 1. The van der Waals surface area contributed by atoms with Crippen LogP contribution in [0.4, 0.5) is 0 Å². The molecule has 112 valence electrons. The number of nitrogens with one attached hydrogen (secondary N) is 1. The fourth-order valence-electron chi connectivity index (χ4n) is 2.46. The Kier molecular flexibility index (Phi) is 4.77. The van der Waals surface area contributed by atoms with Gasteiger partial charge in [0.25, 0.3) is 0 Å². The lowest BCUT2D eigenvalue weighted by Crippen LogP contribution is -2.37. The molecular formula is C15H19N3OS2. The summed E-state index contributed by atoms with van der Waals surface area (Å²) in [5.41, 5.74) is 1.24. The number of para-hydroxylation sites is 1. The van der Waals surface area contributed by atoms with Crippen molar-refractivity contribution < 1.29 is 4.74 Å². The fraction of sp³-hybridized carbons (Fsp3) is 0.467. The minimum atomic E-state index is 0.291. The highest BCUT2D eigenvalue weighted by Gasteiger charge is 2.31. The summed E-state index contributed by atoms with van der Waals surface area (Å²) in [5, 5.41) is 3.90. The predicted octanol–water partition coefficient (Wildman–Crippen LogP) is 3.30. The second-order valence-corrected chi connectivity index (χ2v) is 7.11. The van der Waals surface area contributed by atoms with E-state index in [4.69, 9.17) is 4.74 Å². The Labute approximate surface area is 133 Å². The van der Waals surface area contributed by atoms with Gasteiger partial charge in [0.05, 0.1) is 11.3 Å². The summed E-state index contributed by atoms with van der Waals surface area (Å²) in [7, 11) is 0. The Balaban J connectivity index is 1.81. The number of aromatic nitrogens is 2. The molecule has 1 N–H and O–H groups in total. The Morgan fingerprint density at radius 2 is 2.24 bits per heavy atom. The number of benzene rings is 1. The lowest BCUT2D eigenvalue weighted by molar-refractivity contribution is 0.261. The summed E-state index contributed by atoms with van der Waals surface area (Å²) in [6.45, 7) is 5.85. The van der Waals surface area contributed by atoms with Crippen molar-refractivity contribution in [1.29, 1.82) is 0 Å². The first-order valence-electron chi connectivity index (χ1n) is 7.26. The van der Waals surface area contributed by atoms with Crippen LogP contribution in [0.2, 0.25) is 0 Å². The molecule has 2 atom stereocenters. The first kappa shape index (κ1) is 14.8. The van der Waals surface area contributed by atoms with E-state index in [0.717, 1.165) is 28.9 Å². The van der Waals surface area contributed by atoms with E-state index in [-0.39, 0.29) is 0 Å². The van der Waals surface area contributed by atoms with Crippen LogP contribution in [0.5, 0.6) is 5.75 Å². The Hall–Kier alpha value is -1.11. The van der Waals surface area contributed by atoms with Crippen molar-refractivity contribution in [1.82, 2.24) is 14.7 Å². The Morgan fingerprint density at radius 1 is 1.38 bits per heavy atom. The van der Waals surface area contributed by atoms with E-state index in [1.165, 1.54) is 17.1 Å². The van der Waals surface area contributed by atoms with Crippen LogP contribution < -0.4 is 10.1 Å². The number of rotatable bonds is 5.